The minimum atomic E-state index is -0.256. The van der Waals surface area contributed by atoms with E-state index in [2.05, 4.69) is 0 Å². The minimum Gasteiger partial charge on any atom is -0.493 e. The summed E-state index contributed by atoms with van der Waals surface area (Å²) in [6, 6.07) is 3.28. The number of nitrogens with two attached hydrogens (primary N) is 1. The van der Waals surface area contributed by atoms with Gasteiger partial charge in [0.05, 0.1) is 19.9 Å². The van der Waals surface area contributed by atoms with Crippen LogP contribution in [0.5, 0.6) is 11.5 Å². The van der Waals surface area contributed by atoms with Crippen LogP contribution in [-0.4, -0.2) is 37.1 Å². The molecular formula is C15H24N2O3. The molecule has 0 fully saturated rings. The number of nitrogens with zero attached hydrogens (tertiary/aromatic N) is 1. The molecule has 1 amide bonds. The molecule has 2 N–H and O–H groups in total. The third-order valence-corrected chi connectivity index (χ3v) is 3.13. The van der Waals surface area contributed by atoms with E-state index in [0.29, 0.717) is 29.3 Å². The van der Waals surface area contributed by atoms with Crippen molar-refractivity contribution < 1.29 is 14.3 Å². The smallest absolute Gasteiger partial charge is 0.254 e. The average Bonchev–Trinajstić information content (AvgIpc) is 2.36. The number of rotatable bonds is 4. The molecule has 0 unspecified atom stereocenters. The second-order valence-corrected chi connectivity index (χ2v) is 5.52. The molecule has 0 bridgehead atoms. The van der Waals surface area contributed by atoms with Gasteiger partial charge in [-0.3, -0.25) is 4.79 Å². The van der Waals surface area contributed by atoms with Gasteiger partial charge in [0.15, 0.2) is 11.5 Å². The van der Waals surface area contributed by atoms with Gasteiger partial charge in [-0.15, -0.1) is 0 Å². The fourth-order valence-corrected chi connectivity index (χ4v) is 2.20. The van der Waals surface area contributed by atoms with Crippen LogP contribution in [0.15, 0.2) is 12.1 Å². The van der Waals surface area contributed by atoms with Gasteiger partial charge in [-0.05, 0) is 39.8 Å². The van der Waals surface area contributed by atoms with Crippen molar-refractivity contribution in [3.8, 4) is 11.5 Å². The first-order chi connectivity index (χ1) is 9.26. The number of ether oxygens (including phenoxy) is 2. The highest BCUT2D eigenvalue weighted by molar-refractivity contribution is 5.96. The molecule has 0 saturated heterocycles. The predicted molar refractivity (Wildman–Crippen MR) is 80.4 cm³/mol. The standard InChI is InChI=1S/C15H24N2O3/c1-7-17(15(2,3)4)14(18)10-8-11(16)13(20-6)12(9-10)19-5/h8-9H,7,16H2,1-6H3. The molecule has 0 spiro atoms. The van der Waals surface area contributed by atoms with Crippen molar-refractivity contribution >= 4 is 11.6 Å². The van der Waals surface area contributed by atoms with Gasteiger partial charge in [0.2, 0.25) is 0 Å². The van der Waals surface area contributed by atoms with Crippen LogP contribution in [0.25, 0.3) is 0 Å². The lowest BCUT2D eigenvalue weighted by Gasteiger charge is -2.35. The van der Waals surface area contributed by atoms with Crippen molar-refractivity contribution in [2.75, 3.05) is 26.5 Å². The second kappa shape index (κ2) is 6.03. The lowest BCUT2D eigenvalue weighted by Crippen LogP contribution is -2.45. The van der Waals surface area contributed by atoms with Crippen LogP contribution in [-0.2, 0) is 0 Å². The topological polar surface area (TPSA) is 64.8 Å². The maximum Gasteiger partial charge on any atom is 0.254 e. The Bertz CT molecular complexity index is 493. The molecule has 20 heavy (non-hydrogen) atoms. The number of hydrogen-bond acceptors (Lipinski definition) is 4. The van der Waals surface area contributed by atoms with Crippen LogP contribution in [0, 0.1) is 0 Å². The molecule has 0 heterocycles. The maximum atomic E-state index is 12.6. The van der Waals surface area contributed by atoms with E-state index < -0.39 is 0 Å². The van der Waals surface area contributed by atoms with Gasteiger partial charge in [0.1, 0.15) is 0 Å². The molecule has 0 radical (unpaired) electrons. The van der Waals surface area contributed by atoms with E-state index in [1.165, 1.54) is 14.2 Å². The second-order valence-electron chi connectivity index (χ2n) is 5.52. The molecule has 0 aromatic heterocycles. The van der Waals surface area contributed by atoms with E-state index in [1.807, 2.05) is 27.7 Å². The van der Waals surface area contributed by atoms with E-state index in [4.69, 9.17) is 15.2 Å². The molecule has 0 aliphatic carbocycles. The lowest BCUT2D eigenvalue weighted by molar-refractivity contribution is 0.0598. The molecule has 5 heteroatoms. The van der Waals surface area contributed by atoms with E-state index in [0.717, 1.165) is 0 Å². The molecule has 0 aliphatic heterocycles. The molecule has 5 nitrogen and oxygen atoms in total. The maximum absolute atomic E-state index is 12.6. The highest BCUT2D eigenvalue weighted by Crippen LogP contribution is 2.35. The van der Waals surface area contributed by atoms with Crippen LogP contribution in [0.4, 0.5) is 5.69 Å². The fraction of sp³-hybridized carbons (Fsp3) is 0.533. The summed E-state index contributed by atoms with van der Waals surface area (Å²) >= 11 is 0. The van der Waals surface area contributed by atoms with Crippen molar-refractivity contribution in [1.29, 1.82) is 0 Å². The van der Waals surface area contributed by atoms with Gasteiger partial charge < -0.3 is 20.1 Å². The Hall–Kier alpha value is -1.91. The number of carbonyl (C=O) groups excluding carboxylic acids is 1. The Morgan fingerprint density at radius 1 is 1.25 bits per heavy atom. The Kier molecular flexibility index (Phi) is 4.87. The van der Waals surface area contributed by atoms with Crippen molar-refractivity contribution in [2.45, 2.75) is 33.2 Å². The molecular weight excluding hydrogens is 256 g/mol. The van der Waals surface area contributed by atoms with Crippen molar-refractivity contribution in [3.63, 3.8) is 0 Å². The largest absolute Gasteiger partial charge is 0.493 e. The normalized spacial score (nSPS) is 11.1. The zero-order valence-electron chi connectivity index (χ0n) is 13.1. The summed E-state index contributed by atoms with van der Waals surface area (Å²) in [6.07, 6.45) is 0. The monoisotopic (exact) mass is 280 g/mol. The number of anilines is 1. The van der Waals surface area contributed by atoms with Crippen LogP contribution in [0.2, 0.25) is 0 Å². The van der Waals surface area contributed by atoms with Gasteiger partial charge >= 0.3 is 0 Å². The van der Waals surface area contributed by atoms with Gasteiger partial charge in [0, 0.05) is 17.6 Å². The van der Waals surface area contributed by atoms with E-state index in [1.54, 1.807) is 17.0 Å². The zero-order valence-corrected chi connectivity index (χ0v) is 13.1. The average molecular weight is 280 g/mol. The van der Waals surface area contributed by atoms with Crippen molar-refractivity contribution in [3.05, 3.63) is 17.7 Å². The highest BCUT2D eigenvalue weighted by atomic mass is 16.5. The first-order valence-electron chi connectivity index (χ1n) is 6.59. The summed E-state index contributed by atoms with van der Waals surface area (Å²) in [5.41, 5.74) is 6.55. The molecule has 1 aromatic carbocycles. The van der Waals surface area contributed by atoms with Crippen LogP contribution >= 0.6 is 0 Å². The van der Waals surface area contributed by atoms with Crippen molar-refractivity contribution in [2.24, 2.45) is 0 Å². The Labute approximate surface area is 120 Å². The minimum absolute atomic E-state index is 0.0762. The molecule has 1 aromatic rings. The molecule has 0 saturated carbocycles. The molecule has 1 rings (SSSR count). The van der Waals surface area contributed by atoms with Crippen LogP contribution < -0.4 is 15.2 Å². The summed E-state index contributed by atoms with van der Waals surface area (Å²) in [5.74, 6) is 0.830. The van der Waals surface area contributed by atoms with E-state index >= 15 is 0 Å². The Balaban J connectivity index is 3.26. The molecule has 112 valence electrons. The lowest BCUT2D eigenvalue weighted by atomic mass is 10.0. The molecule has 0 atom stereocenters. The zero-order chi connectivity index (χ0) is 15.5. The number of carbonyl (C=O) groups is 1. The van der Waals surface area contributed by atoms with E-state index in [-0.39, 0.29) is 11.4 Å². The van der Waals surface area contributed by atoms with Gasteiger partial charge in [0.25, 0.3) is 5.91 Å². The number of hydrogen-bond donors (Lipinski definition) is 1. The summed E-state index contributed by atoms with van der Waals surface area (Å²) in [5, 5.41) is 0. The van der Waals surface area contributed by atoms with E-state index in [9.17, 15) is 4.79 Å². The summed E-state index contributed by atoms with van der Waals surface area (Å²) in [4.78, 5) is 14.4. The quantitative estimate of drug-likeness (QED) is 0.861. The van der Waals surface area contributed by atoms with Gasteiger partial charge in [-0.2, -0.15) is 0 Å². The first kappa shape index (κ1) is 16.1. The SMILES string of the molecule is CCN(C(=O)c1cc(N)c(OC)c(OC)c1)C(C)(C)C. The summed E-state index contributed by atoms with van der Waals surface area (Å²) in [7, 11) is 3.04. The number of methoxy groups -OCH3 is 2. The highest BCUT2D eigenvalue weighted by Gasteiger charge is 2.27. The van der Waals surface area contributed by atoms with Gasteiger partial charge in [-0.25, -0.2) is 0 Å². The third kappa shape index (κ3) is 3.15. The third-order valence-electron chi connectivity index (χ3n) is 3.13. The first-order valence-corrected chi connectivity index (χ1v) is 6.59. The van der Waals surface area contributed by atoms with Gasteiger partial charge in [-0.1, -0.05) is 0 Å². The van der Waals surface area contributed by atoms with Crippen molar-refractivity contribution in [1.82, 2.24) is 4.90 Å². The number of benzene rings is 1. The number of amides is 1. The molecule has 0 aliphatic rings. The predicted octanol–water partition coefficient (Wildman–Crippen LogP) is 2.55. The number of nitrogen functional groups attached to an aromatic ring is 1. The summed E-state index contributed by atoms with van der Waals surface area (Å²) in [6.45, 7) is 8.57. The fourth-order valence-electron chi connectivity index (χ4n) is 2.20. The Morgan fingerprint density at radius 2 is 1.85 bits per heavy atom. The Morgan fingerprint density at radius 3 is 2.25 bits per heavy atom. The van der Waals surface area contributed by atoms with Crippen LogP contribution in [0.1, 0.15) is 38.1 Å². The van der Waals surface area contributed by atoms with Crippen LogP contribution in [0.3, 0.4) is 0 Å². The summed E-state index contributed by atoms with van der Waals surface area (Å²) < 4.78 is 10.4.